The minimum Gasteiger partial charge on any atom is -0.404 e. The average Bonchev–Trinajstić information content (AvgIpc) is 2.58. The van der Waals surface area contributed by atoms with Crippen LogP contribution < -0.4 is 4.74 Å². The molecular weight excluding hydrogens is 243 g/mol. The summed E-state index contributed by atoms with van der Waals surface area (Å²) in [7, 11) is 0. The number of alkyl halides is 3. The van der Waals surface area contributed by atoms with Gasteiger partial charge >= 0.3 is 6.36 Å². The molecule has 0 aliphatic heterocycles. The number of ether oxygens (including phenoxy) is 1. The van der Waals surface area contributed by atoms with E-state index in [0.717, 1.165) is 11.4 Å². The smallest absolute Gasteiger partial charge is 0.404 e. The molecule has 2 nitrogen and oxygen atoms in total. The molecule has 5 heteroatoms. The van der Waals surface area contributed by atoms with Crippen molar-refractivity contribution in [2.24, 2.45) is 0 Å². The number of nitrogens with zero attached hydrogens (tertiary/aromatic N) is 1. The molecule has 0 saturated heterocycles. The van der Waals surface area contributed by atoms with Gasteiger partial charge in [0.2, 0.25) is 0 Å². The Morgan fingerprint density at radius 2 is 1.50 bits per heavy atom. The highest BCUT2D eigenvalue weighted by Gasteiger charge is 2.32. The van der Waals surface area contributed by atoms with E-state index in [1.165, 1.54) is 12.1 Å². The molecule has 1 aromatic heterocycles. The Bertz CT molecular complexity index is 538. The predicted octanol–water partition coefficient (Wildman–Crippen LogP) is 3.99. The molecule has 96 valence electrons. The zero-order valence-corrected chi connectivity index (χ0v) is 9.95. The second-order valence-electron chi connectivity index (χ2n) is 3.97. The number of benzene rings is 1. The van der Waals surface area contributed by atoms with Crippen LogP contribution in [0.15, 0.2) is 36.4 Å². The van der Waals surface area contributed by atoms with Gasteiger partial charge in [-0.3, -0.25) is 0 Å². The van der Waals surface area contributed by atoms with Crippen LogP contribution in [0.3, 0.4) is 0 Å². The highest BCUT2D eigenvalue weighted by atomic mass is 19.4. The molecule has 0 saturated carbocycles. The van der Waals surface area contributed by atoms with E-state index in [1.807, 2.05) is 26.0 Å². The number of para-hydroxylation sites is 2. The maximum atomic E-state index is 12.3. The fourth-order valence-electron chi connectivity index (χ4n) is 1.90. The van der Waals surface area contributed by atoms with E-state index >= 15 is 0 Å². The minimum absolute atomic E-state index is 0.201. The summed E-state index contributed by atoms with van der Waals surface area (Å²) < 4.78 is 42.8. The van der Waals surface area contributed by atoms with Crippen molar-refractivity contribution in [1.82, 2.24) is 4.57 Å². The van der Waals surface area contributed by atoms with Gasteiger partial charge in [-0.25, -0.2) is 0 Å². The van der Waals surface area contributed by atoms with Gasteiger partial charge in [0, 0.05) is 11.4 Å². The summed E-state index contributed by atoms with van der Waals surface area (Å²) in [5, 5.41) is 0. The third-order valence-corrected chi connectivity index (χ3v) is 2.60. The number of rotatable bonds is 2. The van der Waals surface area contributed by atoms with Crippen LogP contribution in [-0.2, 0) is 0 Å². The number of hydrogen-bond acceptors (Lipinski definition) is 1. The van der Waals surface area contributed by atoms with Gasteiger partial charge in [0.25, 0.3) is 0 Å². The zero-order chi connectivity index (χ0) is 13.3. The molecule has 0 aliphatic carbocycles. The Kier molecular flexibility index (Phi) is 3.07. The molecule has 0 aliphatic rings. The van der Waals surface area contributed by atoms with Crippen molar-refractivity contribution < 1.29 is 17.9 Å². The van der Waals surface area contributed by atoms with Crippen molar-refractivity contribution in [2.75, 3.05) is 0 Å². The molecule has 1 aromatic carbocycles. The Labute approximate surface area is 103 Å². The fourth-order valence-corrected chi connectivity index (χ4v) is 1.90. The number of aromatic nitrogens is 1. The highest BCUT2D eigenvalue weighted by Crippen LogP contribution is 2.30. The molecule has 0 atom stereocenters. The van der Waals surface area contributed by atoms with Gasteiger partial charge in [0.1, 0.15) is 0 Å². The molecule has 0 fully saturated rings. The third-order valence-electron chi connectivity index (χ3n) is 2.60. The zero-order valence-electron chi connectivity index (χ0n) is 9.95. The summed E-state index contributed by atoms with van der Waals surface area (Å²) in [5.74, 6) is -0.201. The second-order valence-corrected chi connectivity index (χ2v) is 3.97. The molecule has 0 amide bonds. The van der Waals surface area contributed by atoms with E-state index in [-0.39, 0.29) is 5.75 Å². The first-order valence-corrected chi connectivity index (χ1v) is 5.38. The molecule has 2 aromatic rings. The van der Waals surface area contributed by atoms with Crippen molar-refractivity contribution >= 4 is 0 Å². The minimum atomic E-state index is -4.69. The first kappa shape index (κ1) is 12.5. The third kappa shape index (κ3) is 2.50. The maximum Gasteiger partial charge on any atom is 0.573 e. The SMILES string of the molecule is Cc1ccc(C)n1-c1ccccc1OC(F)(F)F. The molecule has 1 heterocycles. The van der Waals surface area contributed by atoms with Gasteiger partial charge in [-0.1, -0.05) is 12.1 Å². The monoisotopic (exact) mass is 255 g/mol. The van der Waals surface area contributed by atoms with Crippen LogP contribution in [0.1, 0.15) is 11.4 Å². The molecule has 0 spiro atoms. The Morgan fingerprint density at radius 1 is 0.944 bits per heavy atom. The predicted molar refractivity (Wildman–Crippen MR) is 61.9 cm³/mol. The van der Waals surface area contributed by atoms with E-state index in [0.29, 0.717) is 5.69 Å². The molecular formula is C13H12F3NO. The van der Waals surface area contributed by atoms with Crippen LogP contribution in [-0.4, -0.2) is 10.9 Å². The van der Waals surface area contributed by atoms with Crippen molar-refractivity contribution in [2.45, 2.75) is 20.2 Å². The first-order chi connectivity index (χ1) is 8.38. The summed E-state index contributed by atoms with van der Waals surface area (Å²) >= 11 is 0. The van der Waals surface area contributed by atoms with Crippen molar-refractivity contribution in [3.63, 3.8) is 0 Å². The first-order valence-electron chi connectivity index (χ1n) is 5.38. The van der Waals surface area contributed by atoms with Gasteiger partial charge in [0.15, 0.2) is 5.75 Å². The van der Waals surface area contributed by atoms with E-state index in [4.69, 9.17) is 0 Å². The molecule has 2 rings (SSSR count). The van der Waals surface area contributed by atoms with Gasteiger partial charge in [-0.15, -0.1) is 13.2 Å². The standard InChI is InChI=1S/C13H12F3NO/c1-9-7-8-10(2)17(9)11-5-3-4-6-12(11)18-13(14,15)16/h3-8H,1-2H3. The van der Waals surface area contributed by atoms with Gasteiger partial charge < -0.3 is 9.30 Å². The quantitative estimate of drug-likeness (QED) is 0.791. The Balaban J connectivity index is 2.52. The number of aryl methyl sites for hydroxylation is 2. The topological polar surface area (TPSA) is 14.2 Å². The van der Waals surface area contributed by atoms with Crippen LogP contribution in [0.25, 0.3) is 5.69 Å². The van der Waals surface area contributed by atoms with Crippen molar-refractivity contribution in [3.05, 3.63) is 47.8 Å². The van der Waals surface area contributed by atoms with E-state index in [1.54, 1.807) is 16.7 Å². The average molecular weight is 255 g/mol. The molecule has 0 bridgehead atoms. The van der Waals surface area contributed by atoms with Gasteiger partial charge in [-0.05, 0) is 38.1 Å². The van der Waals surface area contributed by atoms with E-state index < -0.39 is 6.36 Å². The molecule has 0 N–H and O–H groups in total. The lowest BCUT2D eigenvalue weighted by Gasteiger charge is -2.16. The fraction of sp³-hybridized carbons (Fsp3) is 0.231. The summed E-state index contributed by atoms with van der Waals surface area (Å²) in [6.45, 7) is 3.66. The van der Waals surface area contributed by atoms with Gasteiger partial charge in [-0.2, -0.15) is 0 Å². The molecule has 0 unspecified atom stereocenters. The van der Waals surface area contributed by atoms with Crippen molar-refractivity contribution in [3.8, 4) is 11.4 Å². The summed E-state index contributed by atoms with van der Waals surface area (Å²) in [5.41, 5.74) is 2.09. The summed E-state index contributed by atoms with van der Waals surface area (Å²) in [6, 6.07) is 9.79. The Morgan fingerprint density at radius 3 is 2.06 bits per heavy atom. The summed E-state index contributed by atoms with van der Waals surface area (Å²) in [6.07, 6.45) is -4.69. The lowest BCUT2D eigenvalue weighted by atomic mass is 10.2. The van der Waals surface area contributed by atoms with Crippen LogP contribution in [0.4, 0.5) is 13.2 Å². The largest absolute Gasteiger partial charge is 0.573 e. The van der Waals surface area contributed by atoms with Crippen LogP contribution in [0.2, 0.25) is 0 Å². The molecule has 0 radical (unpaired) electrons. The Hall–Kier alpha value is -1.91. The lowest BCUT2D eigenvalue weighted by Crippen LogP contribution is -2.18. The maximum absolute atomic E-state index is 12.3. The lowest BCUT2D eigenvalue weighted by molar-refractivity contribution is -0.274. The summed E-state index contributed by atoms with van der Waals surface area (Å²) in [4.78, 5) is 0. The normalized spacial score (nSPS) is 11.6. The highest BCUT2D eigenvalue weighted by molar-refractivity contribution is 5.49. The number of hydrogen-bond donors (Lipinski definition) is 0. The van der Waals surface area contributed by atoms with Crippen LogP contribution >= 0.6 is 0 Å². The van der Waals surface area contributed by atoms with E-state index in [9.17, 15) is 13.2 Å². The molecule has 18 heavy (non-hydrogen) atoms. The number of halogens is 3. The van der Waals surface area contributed by atoms with Gasteiger partial charge in [0.05, 0.1) is 5.69 Å². The van der Waals surface area contributed by atoms with E-state index in [2.05, 4.69) is 4.74 Å². The van der Waals surface area contributed by atoms with Crippen LogP contribution in [0.5, 0.6) is 5.75 Å². The van der Waals surface area contributed by atoms with Crippen molar-refractivity contribution in [1.29, 1.82) is 0 Å². The van der Waals surface area contributed by atoms with Crippen LogP contribution in [0, 0.1) is 13.8 Å². The second kappa shape index (κ2) is 4.40.